The van der Waals surface area contributed by atoms with E-state index in [1.165, 1.54) is 19.3 Å². The van der Waals surface area contributed by atoms with E-state index in [2.05, 4.69) is 0 Å². The molecule has 0 aromatic rings. The van der Waals surface area contributed by atoms with Crippen LogP contribution in [-0.2, 0) is 9.47 Å². The maximum atomic E-state index is 5.59. The van der Waals surface area contributed by atoms with Gasteiger partial charge in [-0.05, 0) is 19.3 Å². The quantitative estimate of drug-likeness (QED) is 0.553. The lowest BCUT2D eigenvalue weighted by atomic mass is 10.0. The summed E-state index contributed by atoms with van der Waals surface area (Å²) in [5.74, 6) is 0.539. The molecule has 0 N–H and O–H groups in total. The Hall–Kier alpha value is -0.0800. The van der Waals surface area contributed by atoms with Gasteiger partial charge in [-0.25, -0.2) is 0 Å². The van der Waals surface area contributed by atoms with Gasteiger partial charge in [0.25, 0.3) is 0 Å². The molecule has 0 radical (unpaired) electrons. The van der Waals surface area contributed by atoms with E-state index >= 15 is 0 Å². The lowest BCUT2D eigenvalue weighted by Gasteiger charge is -2.26. The van der Waals surface area contributed by atoms with Crippen LogP contribution in [0.15, 0.2) is 0 Å². The van der Waals surface area contributed by atoms with Gasteiger partial charge in [0.05, 0.1) is 6.61 Å². The molecular weight excluding hydrogens is 128 g/mol. The van der Waals surface area contributed by atoms with E-state index in [1.54, 1.807) is 7.11 Å². The van der Waals surface area contributed by atoms with E-state index in [9.17, 15) is 0 Å². The fraction of sp³-hybridized carbons (Fsp3) is 1.00. The summed E-state index contributed by atoms with van der Waals surface area (Å²) < 4.78 is 11.0. The molecule has 1 unspecified atom stereocenters. The Morgan fingerprint density at radius 2 is 2.40 bits per heavy atom. The average Bonchev–Trinajstić information content (AvgIpc) is 2.42. The Morgan fingerprint density at radius 1 is 1.50 bits per heavy atom. The molecule has 0 amide bonds. The summed E-state index contributed by atoms with van der Waals surface area (Å²) in [5, 5.41) is 0. The van der Waals surface area contributed by atoms with Crippen molar-refractivity contribution in [3.63, 3.8) is 0 Å². The van der Waals surface area contributed by atoms with Crippen LogP contribution in [0.1, 0.15) is 25.7 Å². The maximum Gasteiger partial charge on any atom is 0.170 e. The second kappa shape index (κ2) is 2.21. The molecular formula is C8H14O2. The van der Waals surface area contributed by atoms with Crippen LogP contribution in [0.5, 0.6) is 0 Å². The molecule has 0 spiro atoms. The van der Waals surface area contributed by atoms with Crippen LogP contribution in [0.25, 0.3) is 0 Å². The number of hydrogen-bond acceptors (Lipinski definition) is 2. The molecule has 0 aromatic heterocycles. The third-order valence-electron chi connectivity index (χ3n) is 2.86. The molecule has 2 aliphatic rings. The van der Waals surface area contributed by atoms with Crippen molar-refractivity contribution in [2.24, 2.45) is 5.92 Å². The van der Waals surface area contributed by atoms with Gasteiger partial charge in [0, 0.05) is 19.4 Å². The van der Waals surface area contributed by atoms with Crippen LogP contribution in [0.4, 0.5) is 0 Å². The van der Waals surface area contributed by atoms with Crippen molar-refractivity contribution in [1.29, 1.82) is 0 Å². The molecule has 2 fully saturated rings. The van der Waals surface area contributed by atoms with Gasteiger partial charge in [0.1, 0.15) is 0 Å². The first-order chi connectivity index (χ1) is 4.87. The second-order valence-corrected chi connectivity index (χ2v) is 3.24. The van der Waals surface area contributed by atoms with E-state index in [0.717, 1.165) is 13.0 Å². The summed E-state index contributed by atoms with van der Waals surface area (Å²) >= 11 is 0. The Morgan fingerprint density at radius 3 is 3.10 bits per heavy atom. The molecule has 2 atom stereocenters. The standard InChI is InChI=1S/C8H14O2/c1-9-8-5-2-3-7(8)4-6-10-8/h7H,2-6H2,1H3/t7?,8-/m0/s1. The largest absolute Gasteiger partial charge is 0.353 e. The molecule has 10 heavy (non-hydrogen) atoms. The van der Waals surface area contributed by atoms with Crippen LogP contribution in [0, 0.1) is 5.92 Å². The highest BCUT2D eigenvalue weighted by Crippen LogP contribution is 2.45. The summed E-state index contributed by atoms with van der Waals surface area (Å²) in [6.45, 7) is 0.901. The Bertz CT molecular complexity index is 123. The van der Waals surface area contributed by atoms with Gasteiger partial charge in [0.15, 0.2) is 5.79 Å². The lowest BCUT2D eigenvalue weighted by Crippen LogP contribution is -2.32. The van der Waals surface area contributed by atoms with Crippen molar-refractivity contribution in [3.8, 4) is 0 Å². The first-order valence-corrected chi connectivity index (χ1v) is 4.06. The first-order valence-electron chi connectivity index (χ1n) is 4.06. The molecule has 0 bridgehead atoms. The topological polar surface area (TPSA) is 18.5 Å². The van der Waals surface area contributed by atoms with Crippen molar-refractivity contribution in [1.82, 2.24) is 0 Å². The van der Waals surface area contributed by atoms with Crippen LogP contribution in [-0.4, -0.2) is 19.5 Å². The van der Waals surface area contributed by atoms with E-state index in [0.29, 0.717) is 5.92 Å². The summed E-state index contributed by atoms with van der Waals surface area (Å²) in [4.78, 5) is 0. The molecule has 2 nitrogen and oxygen atoms in total. The monoisotopic (exact) mass is 142 g/mol. The molecule has 2 rings (SSSR count). The number of fused-ring (bicyclic) bond motifs is 1. The number of methoxy groups -OCH3 is 1. The third kappa shape index (κ3) is 0.722. The number of ether oxygens (including phenoxy) is 2. The summed E-state index contributed by atoms with van der Waals surface area (Å²) in [5.41, 5.74) is 0. The Balaban J connectivity index is 2.15. The van der Waals surface area contributed by atoms with E-state index in [1.807, 2.05) is 0 Å². The number of hydrogen-bond donors (Lipinski definition) is 0. The smallest absolute Gasteiger partial charge is 0.170 e. The van der Waals surface area contributed by atoms with Gasteiger partial charge >= 0.3 is 0 Å². The fourth-order valence-electron chi connectivity index (χ4n) is 2.27. The van der Waals surface area contributed by atoms with Crippen LogP contribution in [0.3, 0.4) is 0 Å². The van der Waals surface area contributed by atoms with Crippen molar-refractivity contribution in [3.05, 3.63) is 0 Å². The number of rotatable bonds is 1. The average molecular weight is 142 g/mol. The Labute approximate surface area is 61.5 Å². The minimum atomic E-state index is -0.153. The minimum Gasteiger partial charge on any atom is -0.353 e. The SMILES string of the molecule is CO[C@]12CCCC1CCO2. The van der Waals surface area contributed by atoms with Crippen molar-refractivity contribution >= 4 is 0 Å². The van der Waals surface area contributed by atoms with Gasteiger partial charge in [-0.3, -0.25) is 0 Å². The van der Waals surface area contributed by atoms with Gasteiger partial charge < -0.3 is 9.47 Å². The second-order valence-electron chi connectivity index (χ2n) is 3.24. The highest BCUT2D eigenvalue weighted by atomic mass is 16.7. The maximum absolute atomic E-state index is 5.59. The normalized spacial score (nSPS) is 45.9. The molecule has 1 saturated carbocycles. The molecule has 58 valence electrons. The van der Waals surface area contributed by atoms with Crippen molar-refractivity contribution in [2.45, 2.75) is 31.5 Å². The molecule has 1 heterocycles. The third-order valence-corrected chi connectivity index (χ3v) is 2.86. The Kier molecular flexibility index (Phi) is 1.46. The lowest BCUT2D eigenvalue weighted by molar-refractivity contribution is -0.204. The molecule has 1 aliphatic carbocycles. The molecule has 1 aliphatic heterocycles. The van der Waals surface area contributed by atoms with Gasteiger partial charge in [-0.15, -0.1) is 0 Å². The molecule has 0 aromatic carbocycles. The van der Waals surface area contributed by atoms with Crippen LogP contribution in [0.2, 0.25) is 0 Å². The predicted octanol–water partition coefficient (Wildman–Crippen LogP) is 1.55. The zero-order valence-electron chi connectivity index (χ0n) is 6.43. The predicted molar refractivity (Wildman–Crippen MR) is 37.6 cm³/mol. The van der Waals surface area contributed by atoms with Gasteiger partial charge in [-0.2, -0.15) is 0 Å². The summed E-state index contributed by atoms with van der Waals surface area (Å²) in [7, 11) is 1.77. The molecule has 1 saturated heterocycles. The highest BCUT2D eigenvalue weighted by Gasteiger charge is 2.47. The van der Waals surface area contributed by atoms with E-state index in [4.69, 9.17) is 9.47 Å². The van der Waals surface area contributed by atoms with Crippen molar-refractivity contribution in [2.75, 3.05) is 13.7 Å². The summed E-state index contributed by atoms with van der Waals surface area (Å²) in [6, 6.07) is 0. The van der Waals surface area contributed by atoms with Gasteiger partial charge in [0.2, 0.25) is 0 Å². The van der Waals surface area contributed by atoms with Crippen LogP contribution < -0.4 is 0 Å². The zero-order valence-corrected chi connectivity index (χ0v) is 6.43. The highest BCUT2D eigenvalue weighted by molar-refractivity contribution is 4.90. The van der Waals surface area contributed by atoms with Crippen molar-refractivity contribution < 1.29 is 9.47 Å². The molecule has 2 heteroatoms. The minimum absolute atomic E-state index is 0.153. The summed E-state index contributed by atoms with van der Waals surface area (Å²) in [6.07, 6.45) is 4.88. The van der Waals surface area contributed by atoms with Gasteiger partial charge in [-0.1, -0.05) is 0 Å². The fourth-order valence-corrected chi connectivity index (χ4v) is 2.27. The first kappa shape index (κ1) is 6.62. The van der Waals surface area contributed by atoms with E-state index < -0.39 is 0 Å². The van der Waals surface area contributed by atoms with Crippen LogP contribution >= 0.6 is 0 Å². The zero-order chi connectivity index (χ0) is 7.03. The van der Waals surface area contributed by atoms with E-state index in [-0.39, 0.29) is 5.79 Å².